The fourth-order valence-corrected chi connectivity index (χ4v) is 2.70. The molecule has 0 aliphatic carbocycles. The van der Waals surface area contributed by atoms with Crippen molar-refractivity contribution in [2.24, 2.45) is 0 Å². The Labute approximate surface area is 134 Å². The average molecular weight is 312 g/mol. The molecule has 1 N–H and O–H groups in total. The van der Waals surface area contributed by atoms with E-state index in [0.29, 0.717) is 6.54 Å². The third-order valence-corrected chi connectivity index (χ3v) is 3.95. The van der Waals surface area contributed by atoms with Crippen molar-refractivity contribution in [1.82, 2.24) is 20.3 Å². The SMILES string of the molecule is Cc1noc(C)c1CCCNC(=O)Cn1ncc2ccccc21. The minimum atomic E-state index is -0.0300. The van der Waals surface area contributed by atoms with Crippen molar-refractivity contribution in [3.05, 3.63) is 47.5 Å². The Balaban J connectivity index is 1.48. The van der Waals surface area contributed by atoms with E-state index >= 15 is 0 Å². The van der Waals surface area contributed by atoms with Gasteiger partial charge in [-0.05, 0) is 32.8 Å². The molecule has 1 aromatic carbocycles. The Morgan fingerprint density at radius 2 is 2.13 bits per heavy atom. The zero-order valence-electron chi connectivity index (χ0n) is 13.4. The normalized spacial score (nSPS) is 11.0. The standard InChI is InChI=1S/C17H20N4O2/c1-12-15(13(2)23-20-12)7-5-9-18-17(22)11-21-16-8-4-3-6-14(16)10-19-21/h3-4,6,8,10H,5,7,9,11H2,1-2H3,(H,18,22). The zero-order chi connectivity index (χ0) is 16.2. The molecule has 0 radical (unpaired) electrons. The van der Waals surface area contributed by atoms with E-state index in [0.717, 1.165) is 40.8 Å². The number of aryl methyl sites for hydroxylation is 2. The van der Waals surface area contributed by atoms with E-state index in [9.17, 15) is 4.79 Å². The topological polar surface area (TPSA) is 73.0 Å². The van der Waals surface area contributed by atoms with Gasteiger partial charge in [0.25, 0.3) is 0 Å². The number of nitrogens with one attached hydrogen (secondary N) is 1. The molecule has 3 rings (SSSR count). The number of carbonyl (C=O) groups is 1. The lowest BCUT2D eigenvalue weighted by Gasteiger charge is -2.06. The predicted octanol–water partition coefficient (Wildman–Crippen LogP) is 2.39. The summed E-state index contributed by atoms with van der Waals surface area (Å²) in [6, 6.07) is 7.86. The molecule has 0 saturated heterocycles. The Hall–Kier alpha value is -2.63. The predicted molar refractivity (Wildman–Crippen MR) is 87.0 cm³/mol. The number of aromatic nitrogens is 3. The summed E-state index contributed by atoms with van der Waals surface area (Å²) in [5, 5.41) is 12.2. The fourth-order valence-electron chi connectivity index (χ4n) is 2.70. The summed E-state index contributed by atoms with van der Waals surface area (Å²) in [6.45, 7) is 4.71. The highest BCUT2D eigenvalue weighted by Crippen LogP contribution is 2.14. The van der Waals surface area contributed by atoms with Crippen molar-refractivity contribution in [3.63, 3.8) is 0 Å². The molecule has 120 valence electrons. The molecule has 0 spiro atoms. The molecule has 0 aliphatic rings. The van der Waals surface area contributed by atoms with E-state index in [2.05, 4.69) is 15.6 Å². The molecule has 0 saturated carbocycles. The van der Waals surface area contributed by atoms with Crippen LogP contribution < -0.4 is 5.32 Å². The van der Waals surface area contributed by atoms with Crippen LogP contribution in [0.15, 0.2) is 35.0 Å². The summed E-state index contributed by atoms with van der Waals surface area (Å²) in [5.74, 6) is 0.828. The van der Waals surface area contributed by atoms with Crippen molar-refractivity contribution in [2.45, 2.75) is 33.2 Å². The first-order chi connectivity index (χ1) is 11.1. The van der Waals surface area contributed by atoms with Gasteiger partial charge in [0.2, 0.25) is 5.91 Å². The lowest BCUT2D eigenvalue weighted by molar-refractivity contribution is -0.121. The van der Waals surface area contributed by atoms with Crippen LogP contribution in [0.3, 0.4) is 0 Å². The van der Waals surface area contributed by atoms with E-state index in [4.69, 9.17) is 4.52 Å². The molecule has 6 heteroatoms. The van der Waals surface area contributed by atoms with Crippen LogP contribution in [0.2, 0.25) is 0 Å². The Bertz CT molecular complexity index is 799. The highest BCUT2D eigenvalue weighted by atomic mass is 16.5. The Morgan fingerprint density at radius 1 is 1.30 bits per heavy atom. The van der Waals surface area contributed by atoms with Crippen LogP contribution in [0.4, 0.5) is 0 Å². The number of fused-ring (bicyclic) bond motifs is 1. The molecular weight excluding hydrogens is 292 g/mol. The second kappa shape index (κ2) is 6.64. The van der Waals surface area contributed by atoms with Gasteiger partial charge in [0.05, 0.1) is 17.4 Å². The second-order valence-corrected chi connectivity index (χ2v) is 5.62. The largest absolute Gasteiger partial charge is 0.361 e. The van der Waals surface area contributed by atoms with Crippen LogP contribution >= 0.6 is 0 Å². The van der Waals surface area contributed by atoms with E-state index in [-0.39, 0.29) is 12.5 Å². The molecule has 2 heterocycles. The number of carbonyl (C=O) groups excluding carboxylic acids is 1. The number of hydrogen-bond donors (Lipinski definition) is 1. The second-order valence-electron chi connectivity index (χ2n) is 5.62. The first-order valence-corrected chi connectivity index (χ1v) is 7.74. The van der Waals surface area contributed by atoms with E-state index in [1.54, 1.807) is 10.9 Å². The van der Waals surface area contributed by atoms with Crippen molar-refractivity contribution in [3.8, 4) is 0 Å². The van der Waals surface area contributed by atoms with Gasteiger partial charge < -0.3 is 9.84 Å². The number of para-hydroxylation sites is 1. The molecule has 0 aliphatic heterocycles. The smallest absolute Gasteiger partial charge is 0.241 e. The van der Waals surface area contributed by atoms with Crippen molar-refractivity contribution < 1.29 is 9.32 Å². The molecule has 23 heavy (non-hydrogen) atoms. The first-order valence-electron chi connectivity index (χ1n) is 7.74. The van der Waals surface area contributed by atoms with Crippen LogP contribution in [0, 0.1) is 13.8 Å². The highest BCUT2D eigenvalue weighted by Gasteiger charge is 2.09. The van der Waals surface area contributed by atoms with Gasteiger partial charge in [-0.15, -0.1) is 0 Å². The first kappa shape index (κ1) is 15.3. The summed E-state index contributed by atoms with van der Waals surface area (Å²) < 4.78 is 6.86. The Kier molecular flexibility index (Phi) is 4.41. The molecule has 2 aromatic heterocycles. The third-order valence-electron chi connectivity index (χ3n) is 3.95. The quantitative estimate of drug-likeness (QED) is 0.709. The molecule has 0 unspecified atom stereocenters. The van der Waals surface area contributed by atoms with Crippen molar-refractivity contribution >= 4 is 16.8 Å². The monoisotopic (exact) mass is 312 g/mol. The van der Waals surface area contributed by atoms with Gasteiger partial charge in [0, 0.05) is 17.5 Å². The maximum absolute atomic E-state index is 12.0. The molecule has 3 aromatic rings. The minimum absolute atomic E-state index is 0.0300. The molecule has 0 atom stereocenters. The van der Waals surface area contributed by atoms with Crippen molar-refractivity contribution in [1.29, 1.82) is 0 Å². The number of benzene rings is 1. The van der Waals surface area contributed by atoms with Gasteiger partial charge in [-0.1, -0.05) is 23.4 Å². The number of hydrogen-bond acceptors (Lipinski definition) is 4. The third kappa shape index (κ3) is 3.41. The number of amides is 1. The molecule has 1 amide bonds. The van der Waals surface area contributed by atoms with Gasteiger partial charge in [0.1, 0.15) is 12.3 Å². The van der Waals surface area contributed by atoms with Crippen LogP contribution in [-0.4, -0.2) is 27.4 Å². The van der Waals surface area contributed by atoms with Gasteiger partial charge in [-0.2, -0.15) is 5.10 Å². The van der Waals surface area contributed by atoms with E-state index in [1.807, 2.05) is 38.1 Å². The van der Waals surface area contributed by atoms with Gasteiger partial charge in [0.15, 0.2) is 0 Å². The molecule has 0 fully saturated rings. The minimum Gasteiger partial charge on any atom is -0.361 e. The summed E-state index contributed by atoms with van der Waals surface area (Å²) >= 11 is 0. The molecular formula is C17H20N4O2. The van der Waals surface area contributed by atoms with Crippen LogP contribution in [0.5, 0.6) is 0 Å². The van der Waals surface area contributed by atoms with Crippen molar-refractivity contribution in [2.75, 3.05) is 6.54 Å². The average Bonchev–Trinajstić information content (AvgIpc) is 3.09. The van der Waals surface area contributed by atoms with Gasteiger partial charge in [-0.3, -0.25) is 9.48 Å². The van der Waals surface area contributed by atoms with Crippen LogP contribution in [0.1, 0.15) is 23.4 Å². The van der Waals surface area contributed by atoms with Gasteiger partial charge in [-0.25, -0.2) is 0 Å². The molecule has 0 bridgehead atoms. The fraction of sp³-hybridized carbons (Fsp3) is 0.353. The maximum Gasteiger partial charge on any atom is 0.241 e. The molecule has 6 nitrogen and oxygen atoms in total. The number of nitrogens with zero attached hydrogens (tertiary/aromatic N) is 3. The summed E-state index contributed by atoms with van der Waals surface area (Å²) in [4.78, 5) is 12.0. The summed E-state index contributed by atoms with van der Waals surface area (Å²) in [6.07, 6.45) is 3.49. The summed E-state index contributed by atoms with van der Waals surface area (Å²) in [7, 11) is 0. The van der Waals surface area contributed by atoms with Gasteiger partial charge >= 0.3 is 0 Å². The highest BCUT2D eigenvalue weighted by molar-refractivity contribution is 5.81. The van der Waals surface area contributed by atoms with Crippen LogP contribution in [0.25, 0.3) is 10.9 Å². The zero-order valence-corrected chi connectivity index (χ0v) is 13.4. The lowest BCUT2D eigenvalue weighted by Crippen LogP contribution is -2.29. The maximum atomic E-state index is 12.0. The Morgan fingerprint density at radius 3 is 2.91 bits per heavy atom. The lowest BCUT2D eigenvalue weighted by atomic mass is 10.1. The van der Waals surface area contributed by atoms with E-state index in [1.165, 1.54) is 0 Å². The van der Waals surface area contributed by atoms with E-state index < -0.39 is 0 Å². The summed E-state index contributed by atoms with van der Waals surface area (Å²) in [5.41, 5.74) is 3.03. The number of rotatable bonds is 6. The van der Waals surface area contributed by atoms with Crippen LogP contribution in [-0.2, 0) is 17.8 Å².